The number of hydrogen-bond acceptors (Lipinski definition) is 7. The molecule has 200 valence electrons. The zero-order valence-corrected chi connectivity index (χ0v) is 21.7. The molecule has 4 aromatic rings. The Labute approximate surface area is 227 Å². The number of hydrogen-bond donors (Lipinski definition) is 3. The fraction of sp³-hybridized carbons (Fsp3) is 0.179. The summed E-state index contributed by atoms with van der Waals surface area (Å²) in [7, 11) is 0. The molecular weight excluding hydrogens is 523 g/mol. The van der Waals surface area contributed by atoms with Crippen molar-refractivity contribution in [3.05, 3.63) is 83.7 Å². The number of aryl methyl sites for hydroxylation is 1. The Hall–Kier alpha value is -4.64. The van der Waals surface area contributed by atoms with E-state index in [-0.39, 0.29) is 18.4 Å². The quantitative estimate of drug-likeness (QED) is 0.256. The first kappa shape index (κ1) is 27.4. The summed E-state index contributed by atoms with van der Waals surface area (Å²) < 4.78 is 19.3. The number of nitrogens with two attached hydrogens (primary N) is 1. The molecule has 11 heteroatoms. The molecule has 3 aromatic carbocycles. The van der Waals surface area contributed by atoms with Gasteiger partial charge in [-0.15, -0.1) is 11.3 Å². The molecule has 0 saturated heterocycles. The number of ether oxygens (including phenoxy) is 1. The molecule has 0 unspecified atom stereocenters. The molecule has 1 aromatic heterocycles. The minimum Gasteiger partial charge on any atom is -0.454 e. The molecular formula is C28H25FN4O5S. The van der Waals surface area contributed by atoms with Crippen LogP contribution in [0, 0.1) is 12.7 Å². The normalized spacial score (nSPS) is 11.5. The van der Waals surface area contributed by atoms with Crippen molar-refractivity contribution in [2.24, 2.45) is 5.73 Å². The maximum Gasteiger partial charge on any atom is 0.329 e. The van der Waals surface area contributed by atoms with Crippen molar-refractivity contribution in [1.82, 2.24) is 10.3 Å². The first-order valence-corrected chi connectivity index (χ1v) is 12.8. The summed E-state index contributed by atoms with van der Waals surface area (Å²) in [6.45, 7) is 1.41. The number of primary amides is 1. The van der Waals surface area contributed by atoms with Gasteiger partial charge in [0, 0.05) is 23.2 Å². The van der Waals surface area contributed by atoms with Gasteiger partial charge in [-0.2, -0.15) is 0 Å². The number of carbonyl (C=O) groups is 4. The van der Waals surface area contributed by atoms with Crippen molar-refractivity contribution >= 4 is 50.9 Å². The molecule has 0 aliphatic carbocycles. The van der Waals surface area contributed by atoms with Crippen LogP contribution in [-0.2, 0) is 19.1 Å². The first-order chi connectivity index (χ1) is 18.7. The van der Waals surface area contributed by atoms with Crippen molar-refractivity contribution < 1.29 is 28.3 Å². The molecule has 39 heavy (non-hydrogen) atoms. The Morgan fingerprint density at radius 2 is 1.74 bits per heavy atom. The van der Waals surface area contributed by atoms with Crippen LogP contribution < -0.4 is 16.4 Å². The number of aromatic nitrogens is 1. The van der Waals surface area contributed by atoms with Crippen LogP contribution in [0.4, 0.5) is 10.1 Å². The molecule has 0 aliphatic heterocycles. The van der Waals surface area contributed by atoms with Gasteiger partial charge in [-0.05, 0) is 79.6 Å². The lowest BCUT2D eigenvalue weighted by molar-refractivity contribution is -0.149. The number of amides is 3. The summed E-state index contributed by atoms with van der Waals surface area (Å²) in [5.74, 6) is -3.38. The van der Waals surface area contributed by atoms with Gasteiger partial charge in [-0.25, -0.2) is 14.2 Å². The first-order valence-electron chi connectivity index (χ1n) is 12.0. The number of fused-ring (bicyclic) bond motifs is 1. The molecule has 9 nitrogen and oxygen atoms in total. The molecule has 4 rings (SSSR count). The van der Waals surface area contributed by atoms with Crippen molar-refractivity contribution in [2.75, 3.05) is 11.9 Å². The van der Waals surface area contributed by atoms with Gasteiger partial charge in [0.2, 0.25) is 5.91 Å². The fourth-order valence-corrected chi connectivity index (χ4v) is 4.73. The second-order valence-electron chi connectivity index (χ2n) is 8.76. The van der Waals surface area contributed by atoms with E-state index in [0.717, 1.165) is 38.5 Å². The zero-order valence-electron chi connectivity index (χ0n) is 20.9. The average Bonchev–Trinajstić information content (AvgIpc) is 3.33. The number of halogens is 1. The number of anilines is 1. The topological polar surface area (TPSA) is 140 Å². The highest BCUT2D eigenvalue weighted by molar-refractivity contribution is 7.21. The number of nitrogens with zero attached hydrogens (tertiary/aromatic N) is 1. The second kappa shape index (κ2) is 12.3. The van der Waals surface area contributed by atoms with Gasteiger partial charge in [-0.3, -0.25) is 14.4 Å². The zero-order chi connectivity index (χ0) is 27.9. The third-order valence-electron chi connectivity index (χ3n) is 5.68. The number of nitrogens with one attached hydrogen (secondary N) is 2. The van der Waals surface area contributed by atoms with Gasteiger partial charge in [0.1, 0.15) is 16.9 Å². The Bertz CT molecular complexity index is 1520. The van der Waals surface area contributed by atoms with E-state index in [0.29, 0.717) is 5.69 Å². The predicted molar refractivity (Wildman–Crippen MR) is 145 cm³/mol. The number of thiazole rings is 1. The molecule has 0 aliphatic rings. The van der Waals surface area contributed by atoms with Crippen LogP contribution in [0.1, 0.15) is 28.8 Å². The van der Waals surface area contributed by atoms with E-state index in [2.05, 4.69) is 21.7 Å². The SMILES string of the molecule is Cc1ccc2nc(-c3ccc(NC(=O)COC(=O)[C@H](CCC(N)=O)NC(=O)c4ccc(F)cc4)cc3)sc2c1. The van der Waals surface area contributed by atoms with Crippen molar-refractivity contribution in [3.8, 4) is 10.6 Å². The second-order valence-corrected chi connectivity index (χ2v) is 9.79. The van der Waals surface area contributed by atoms with E-state index in [4.69, 9.17) is 10.5 Å². The Balaban J connectivity index is 1.33. The monoisotopic (exact) mass is 548 g/mol. The van der Waals surface area contributed by atoms with E-state index >= 15 is 0 Å². The largest absolute Gasteiger partial charge is 0.454 e. The minimum absolute atomic E-state index is 0.107. The molecule has 3 amide bonds. The van der Waals surface area contributed by atoms with E-state index in [9.17, 15) is 23.6 Å². The molecule has 0 spiro atoms. The fourth-order valence-electron chi connectivity index (χ4n) is 3.66. The minimum atomic E-state index is -1.24. The van der Waals surface area contributed by atoms with Crippen LogP contribution in [0.25, 0.3) is 20.8 Å². The van der Waals surface area contributed by atoms with Crippen LogP contribution in [0.2, 0.25) is 0 Å². The number of esters is 1. The summed E-state index contributed by atoms with van der Waals surface area (Å²) in [5, 5.41) is 5.93. The van der Waals surface area contributed by atoms with Gasteiger partial charge in [0.15, 0.2) is 6.61 Å². The summed E-state index contributed by atoms with van der Waals surface area (Å²) in [6, 6.07) is 16.6. The van der Waals surface area contributed by atoms with Crippen molar-refractivity contribution in [2.45, 2.75) is 25.8 Å². The highest BCUT2D eigenvalue weighted by Crippen LogP contribution is 2.31. The highest BCUT2D eigenvalue weighted by atomic mass is 32.1. The molecule has 1 heterocycles. The maximum absolute atomic E-state index is 13.1. The van der Waals surface area contributed by atoms with Gasteiger partial charge >= 0.3 is 5.97 Å². The summed E-state index contributed by atoms with van der Waals surface area (Å²) in [6.07, 6.45) is -0.328. The number of carbonyl (C=O) groups excluding carboxylic acids is 4. The number of benzene rings is 3. The van der Waals surface area contributed by atoms with E-state index < -0.39 is 42.2 Å². The molecule has 4 N–H and O–H groups in total. The Morgan fingerprint density at radius 1 is 1.03 bits per heavy atom. The van der Waals surface area contributed by atoms with Crippen molar-refractivity contribution in [3.63, 3.8) is 0 Å². The molecule has 0 fully saturated rings. The Kier molecular flexibility index (Phi) is 8.62. The molecule has 0 radical (unpaired) electrons. The predicted octanol–water partition coefficient (Wildman–Crippen LogP) is 3.96. The lowest BCUT2D eigenvalue weighted by Crippen LogP contribution is -2.43. The van der Waals surface area contributed by atoms with Crippen LogP contribution in [0.15, 0.2) is 66.7 Å². The van der Waals surface area contributed by atoms with E-state index in [1.54, 1.807) is 23.5 Å². The summed E-state index contributed by atoms with van der Waals surface area (Å²) in [4.78, 5) is 53.3. The van der Waals surface area contributed by atoms with Gasteiger partial charge in [-0.1, -0.05) is 6.07 Å². The summed E-state index contributed by atoms with van der Waals surface area (Å²) in [5.41, 5.74) is 8.74. The highest BCUT2D eigenvalue weighted by Gasteiger charge is 2.24. The Morgan fingerprint density at radius 3 is 2.44 bits per heavy atom. The lowest BCUT2D eigenvalue weighted by atomic mass is 10.1. The van der Waals surface area contributed by atoms with Gasteiger partial charge in [0.25, 0.3) is 11.8 Å². The van der Waals surface area contributed by atoms with E-state index in [1.807, 2.05) is 31.2 Å². The third kappa shape index (κ3) is 7.45. The smallest absolute Gasteiger partial charge is 0.329 e. The summed E-state index contributed by atoms with van der Waals surface area (Å²) >= 11 is 1.58. The average molecular weight is 549 g/mol. The van der Waals surface area contributed by atoms with Crippen LogP contribution in [0.3, 0.4) is 0 Å². The van der Waals surface area contributed by atoms with Crippen molar-refractivity contribution in [1.29, 1.82) is 0 Å². The molecule has 1 atom stereocenters. The van der Waals surface area contributed by atoms with Crippen LogP contribution in [-0.4, -0.2) is 41.3 Å². The molecule has 0 saturated carbocycles. The lowest BCUT2D eigenvalue weighted by Gasteiger charge is -2.17. The van der Waals surface area contributed by atoms with Gasteiger partial charge in [0.05, 0.1) is 10.2 Å². The third-order valence-corrected chi connectivity index (χ3v) is 6.75. The van der Waals surface area contributed by atoms with Crippen LogP contribution in [0.5, 0.6) is 0 Å². The van der Waals surface area contributed by atoms with E-state index in [1.165, 1.54) is 12.1 Å². The molecule has 0 bridgehead atoms. The maximum atomic E-state index is 13.1. The standard InChI is InChI=1S/C28H25FN4O5S/c1-16-2-11-21-23(14-16)39-27(33-21)18-5-9-20(10-6-18)31-25(35)15-38-28(37)22(12-13-24(30)34)32-26(36)17-3-7-19(29)8-4-17/h2-11,14,22H,12-13,15H2,1H3,(H2,30,34)(H,31,35)(H,32,36)/t22-/m0/s1. The number of rotatable bonds is 10. The van der Waals surface area contributed by atoms with Gasteiger partial charge < -0.3 is 21.1 Å². The van der Waals surface area contributed by atoms with Crippen LogP contribution >= 0.6 is 11.3 Å².